The molecule has 0 aromatic carbocycles. The van der Waals surface area contributed by atoms with Gasteiger partial charge in [0.15, 0.2) is 5.78 Å². The zero-order chi connectivity index (χ0) is 24.9. The summed E-state index contributed by atoms with van der Waals surface area (Å²) < 4.78 is 0. The van der Waals surface area contributed by atoms with Gasteiger partial charge in [0.2, 0.25) is 0 Å². The van der Waals surface area contributed by atoms with Gasteiger partial charge < -0.3 is 10.2 Å². The van der Waals surface area contributed by atoms with E-state index < -0.39 is 22.2 Å². The number of carbonyl (C=O) groups is 2. The van der Waals surface area contributed by atoms with Crippen molar-refractivity contribution in [2.45, 2.75) is 92.9 Å². The summed E-state index contributed by atoms with van der Waals surface area (Å²) in [6, 6.07) is 0. The van der Waals surface area contributed by atoms with Gasteiger partial charge in [-0.05, 0) is 91.4 Å². The number of carboxylic acids is 1. The number of carboxylic acid groups (broad SMARTS) is 1. The molecule has 5 rings (SSSR count). The second-order valence-corrected chi connectivity index (χ2v) is 14.4. The van der Waals surface area contributed by atoms with Gasteiger partial charge >= 0.3 is 5.97 Å². The molecule has 0 radical (unpaired) electrons. The van der Waals surface area contributed by atoms with Crippen molar-refractivity contribution in [1.82, 2.24) is 0 Å². The highest BCUT2D eigenvalue weighted by Crippen LogP contribution is 2.74. The van der Waals surface area contributed by atoms with E-state index in [0.29, 0.717) is 0 Å². The number of carbonyl (C=O) groups excluding carboxylic acids is 1. The molecule has 7 unspecified atom stereocenters. The number of aliphatic hydroxyl groups excluding tert-OH is 1. The highest BCUT2D eigenvalue weighted by Gasteiger charge is 2.69. The lowest BCUT2D eigenvalue weighted by molar-refractivity contribution is -0.181. The van der Waals surface area contributed by atoms with Gasteiger partial charge in [-0.1, -0.05) is 59.3 Å². The van der Waals surface area contributed by atoms with Crippen molar-refractivity contribution in [3.63, 3.8) is 0 Å². The van der Waals surface area contributed by atoms with Crippen molar-refractivity contribution in [2.24, 2.45) is 50.2 Å². The highest BCUT2D eigenvalue weighted by atomic mass is 16.4. The summed E-state index contributed by atoms with van der Waals surface area (Å²) in [5.74, 6) is 0.0449. The minimum Gasteiger partial charge on any atom is -0.481 e. The van der Waals surface area contributed by atoms with Crippen molar-refractivity contribution in [1.29, 1.82) is 0 Å². The first-order valence-corrected chi connectivity index (χ1v) is 13.5. The third-order valence-corrected chi connectivity index (χ3v) is 12.4. The number of fused-ring (bicyclic) bond motifs is 7. The van der Waals surface area contributed by atoms with E-state index in [4.69, 9.17) is 0 Å². The van der Waals surface area contributed by atoms with Crippen molar-refractivity contribution in [2.75, 3.05) is 6.61 Å². The highest BCUT2D eigenvalue weighted by molar-refractivity contribution is 5.95. The van der Waals surface area contributed by atoms with Gasteiger partial charge in [0.1, 0.15) is 0 Å². The van der Waals surface area contributed by atoms with Crippen LogP contribution in [0.3, 0.4) is 0 Å². The van der Waals surface area contributed by atoms with Crippen LogP contribution in [0.25, 0.3) is 0 Å². The standard InChI is InChI=1S/C30H44O4/c1-25(2)13-15-29(24(33)34)16-14-27(5)19(20(29)17-25)7-8-22-28(27,6)11-9-21-26(3,4)23(32)10-12-30(21,22)18-31/h7,10,12,20-22,31H,8-9,11,13-18H2,1-6H3,(H,33,34). The minimum absolute atomic E-state index is 0.0383. The van der Waals surface area contributed by atoms with Gasteiger partial charge in [-0.2, -0.15) is 0 Å². The molecule has 4 nitrogen and oxygen atoms in total. The largest absolute Gasteiger partial charge is 0.481 e. The smallest absolute Gasteiger partial charge is 0.310 e. The van der Waals surface area contributed by atoms with Crippen LogP contribution >= 0.6 is 0 Å². The Kier molecular flexibility index (Phi) is 5.06. The van der Waals surface area contributed by atoms with Crippen LogP contribution < -0.4 is 0 Å². The number of rotatable bonds is 2. The van der Waals surface area contributed by atoms with Crippen LogP contribution in [0, 0.1) is 50.2 Å². The van der Waals surface area contributed by atoms with Crippen LogP contribution in [0.2, 0.25) is 0 Å². The molecule has 3 saturated carbocycles. The van der Waals surface area contributed by atoms with E-state index in [1.807, 2.05) is 0 Å². The maximum absolute atomic E-state index is 12.8. The Bertz CT molecular complexity index is 988. The molecule has 2 N–H and O–H groups in total. The van der Waals surface area contributed by atoms with E-state index in [2.05, 4.69) is 53.7 Å². The summed E-state index contributed by atoms with van der Waals surface area (Å²) in [7, 11) is 0. The fraction of sp³-hybridized carbons (Fsp3) is 0.800. The minimum atomic E-state index is -0.630. The molecule has 0 saturated heterocycles. The summed E-state index contributed by atoms with van der Waals surface area (Å²) in [5.41, 5.74) is -0.0710. The van der Waals surface area contributed by atoms with Crippen LogP contribution in [0.4, 0.5) is 0 Å². The molecule has 0 aliphatic heterocycles. The summed E-state index contributed by atoms with van der Waals surface area (Å²) in [6.07, 6.45) is 13.4. The number of allylic oxidation sites excluding steroid dienone is 3. The second kappa shape index (κ2) is 7.08. The van der Waals surface area contributed by atoms with E-state index in [1.54, 1.807) is 6.08 Å². The van der Waals surface area contributed by atoms with Gasteiger partial charge in [0.25, 0.3) is 0 Å². The number of hydrogen-bond donors (Lipinski definition) is 2. The Morgan fingerprint density at radius 2 is 1.68 bits per heavy atom. The quantitative estimate of drug-likeness (QED) is 0.474. The molecule has 188 valence electrons. The first kappa shape index (κ1) is 24.3. The van der Waals surface area contributed by atoms with Crippen molar-refractivity contribution in [3.05, 3.63) is 23.8 Å². The summed E-state index contributed by atoms with van der Waals surface area (Å²) in [6.45, 7) is 13.6. The molecule has 34 heavy (non-hydrogen) atoms. The van der Waals surface area contributed by atoms with E-state index in [-0.39, 0.29) is 46.4 Å². The van der Waals surface area contributed by atoms with Gasteiger partial charge in [0, 0.05) is 10.8 Å². The van der Waals surface area contributed by atoms with E-state index in [1.165, 1.54) is 5.57 Å². The summed E-state index contributed by atoms with van der Waals surface area (Å²) >= 11 is 0. The predicted octanol–water partition coefficient (Wildman–Crippen LogP) is 6.19. The molecule has 3 fully saturated rings. The Hall–Kier alpha value is -1.42. The number of aliphatic hydroxyl groups is 1. The molecule has 0 aromatic rings. The van der Waals surface area contributed by atoms with Crippen LogP contribution in [-0.4, -0.2) is 28.6 Å². The Morgan fingerprint density at radius 1 is 1.00 bits per heavy atom. The van der Waals surface area contributed by atoms with Crippen molar-refractivity contribution < 1.29 is 19.8 Å². The van der Waals surface area contributed by atoms with Crippen LogP contribution in [0.1, 0.15) is 92.9 Å². The normalized spacial score (nSPS) is 48.6. The van der Waals surface area contributed by atoms with Crippen molar-refractivity contribution in [3.8, 4) is 0 Å². The lowest BCUT2D eigenvalue weighted by atomic mass is 9.34. The monoisotopic (exact) mass is 468 g/mol. The SMILES string of the molecule is CC1(C)CCC2(C(=O)O)CCC3(C)C(=CCC4C5(CO)C=CC(=O)C(C)(C)C5CCC43C)C2C1. The third kappa shape index (κ3) is 2.75. The zero-order valence-corrected chi connectivity index (χ0v) is 22.0. The maximum Gasteiger partial charge on any atom is 0.310 e. The molecule has 4 heteroatoms. The van der Waals surface area contributed by atoms with E-state index in [0.717, 1.165) is 51.4 Å². The molecule has 0 spiro atoms. The van der Waals surface area contributed by atoms with E-state index in [9.17, 15) is 19.8 Å². The van der Waals surface area contributed by atoms with Gasteiger partial charge in [-0.3, -0.25) is 9.59 Å². The van der Waals surface area contributed by atoms with Crippen molar-refractivity contribution >= 4 is 11.8 Å². The van der Waals surface area contributed by atoms with Gasteiger partial charge in [-0.15, -0.1) is 0 Å². The first-order chi connectivity index (χ1) is 15.7. The lowest BCUT2D eigenvalue weighted by Gasteiger charge is -2.69. The molecular weight excluding hydrogens is 424 g/mol. The first-order valence-electron chi connectivity index (χ1n) is 13.5. The summed E-state index contributed by atoms with van der Waals surface area (Å²) in [5, 5.41) is 21.4. The Labute approximate surface area is 205 Å². The average Bonchev–Trinajstić information content (AvgIpc) is 2.76. The summed E-state index contributed by atoms with van der Waals surface area (Å²) in [4.78, 5) is 25.6. The predicted molar refractivity (Wildman–Crippen MR) is 133 cm³/mol. The number of ketones is 1. The fourth-order valence-corrected chi connectivity index (χ4v) is 9.90. The van der Waals surface area contributed by atoms with Crippen LogP contribution in [0.15, 0.2) is 23.8 Å². The molecule has 0 aromatic heterocycles. The zero-order valence-electron chi connectivity index (χ0n) is 22.0. The molecule has 0 heterocycles. The molecule has 5 aliphatic rings. The number of hydrogen-bond acceptors (Lipinski definition) is 3. The molecular formula is C30H44O4. The number of aliphatic carboxylic acids is 1. The van der Waals surface area contributed by atoms with Crippen LogP contribution in [-0.2, 0) is 9.59 Å². The van der Waals surface area contributed by atoms with E-state index >= 15 is 0 Å². The van der Waals surface area contributed by atoms with Crippen LogP contribution in [0.5, 0.6) is 0 Å². The molecule has 0 bridgehead atoms. The molecule has 0 amide bonds. The second-order valence-electron chi connectivity index (χ2n) is 14.4. The Balaban J connectivity index is 1.65. The molecule has 5 aliphatic carbocycles. The maximum atomic E-state index is 12.8. The lowest BCUT2D eigenvalue weighted by Crippen LogP contribution is -2.65. The molecule has 7 atom stereocenters. The average molecular weight is 469 g/mol. The fourth-order valence-electron chi connectivity index (χ4n) is 9.90. The van der Waals surface area contributed by atoms with Gasteiger partial charge in [0.05, 0.1) is 12.0 Å². The topological polar surface area (TPSA) is 74.6 Å². The Morgan fingerprint density at radius 3 is 2.32 bits per heavy atom. The third-order valence-electron chi connectivity index (χ3n) is 12.4. The van der Waals surface area contributed by atoms with Gasteiger partial charge in [-0.25, -0.2) is 0 Å².